The molecule has 7 heteroatoms. The minimum absolute atomic E-state index is 0.0921. The third-order valence-corrected chi connectivity index (χ3v) is 2.58. The van der Waals surface area contributed by atoms with Gasteiger partial charge < -0.3 is 24.6 Å². The predicted octanol–water partition coefficient (Wildman–Crippen LogP) is 1.77. The Morgan fingerprint density at radius 1 is 1.19 bits per heavy atom. The maximum atomic E-state index is 11.7. The van der Waals surface area contributed by atoms with Crippen LogP contribution in [-0.2, 0) is 9.53 Å². The minimum atomic E-state index is -1.18. The van der Waals surface area contributed by atoms with Crippen LogP contribution < -0.4 is 14.8 Å². The van der Waals surface area contributed by atoms with Crippen LogP contribution in [0.25, 0.3) is 0 Å². The highest BCUT2D eigenvalue weighted by Gasteiger charge is 2.18. The van der Waals surface area contributed by atoms with Gasteiger partial charge in [0.2, 0.25) is 5.91 Å². The Hall–Kier alpha value is -2.28. The van der Waals surface area contributed by atoms with Crippen LogP contribution in [0.4, 0.5) is 5.69 Å². The zero-order chi connectivity index (χ0) is 16.0. The molecule has 0 heterocycles. The molecular weight excluding hydrogens is 278 g/mol. The number of carboxylic acids is 1. The highest BCUT2D eigenvalue weighted by molar-refractivity contribution is 6.01. The van der Waals surface area contributed by atoms with Gasteiger partial charge in [0.1, 0.15) is 6.61 Å². The smallest absolute Gasteiger partial charge is 0.337 e. The average molecular weight is 297 g/mol. The van der Waals surface area contributed by atoms with Gasteiger partial charge in [-0.05, 0) is 13.8 Å². The van der Waals surface area contributed by atoms with E-state index in [0.29, 0.717) is 5.75 Å². The van der Waals surface area contributed by atoms with Crippen LogP contribution in [0.3, 0.4) is 0 Å². The Morgan fingerprint density at radius 2 is 1.76 bits per heavy atom. The lowest BCUT2D eigenvalue weighted by atomic mass is 10.1. The van der Waals surface area contributed by atoms with Crippen LogP contribution in [0.5, 0.6) is 11.5 Å². The summed E-state index contributed by atoms with van der Waals surface area (Å²) in [6, 6.07) is 2.69. The number of carbonyl (C=O) groups excluding carboxylic acids is 1. The minimum Gasteiger partial charge on any atom is -0.493 e. The number of methoxy groups -OCH3 is 2. The highest BCUT2D eigenvalue weighted by atomic mass is 16.5. The van der Waals surface area contributed by atoms with Crippen LogP contribution in [0.2, 0.25) is 0 Å². The van der Waals surface area contributed by atoms with E-state index >= 15 is 0 Å². The largest absolute Gasteiger partial charge is 0.493 e. The molecule has 0 saturated heterocycles. The van der Waals surface area contributed by atoms with Crippen molar-refractivity contribution in [2.75, 3.05) is 26.1 Å². The molecule has 1 amide bonds. The first-order valence-electron chi connectivity index (χ1n) is 6.29. The van der Waals surface area contributed by atoms with Crippen molar-refractivity contribution >= 4 is 17.6 Å². The summed E-state index contributed by atoms with van der Waals surface area (Å²) in [7, 11) is 2.82. The van der Waals surface area contributed by atoms with Crippen molar-refractivity contribution in [1.82, 2.24) is 0 Å². The second-order valence-corrected chi connectivity index (χ2v) is 4.47. The number of ether oxygens (including phenoxy) is 3. The molecule has 0 aliphatic rings. The molecule has 0 saturated carbocycles. The summed E-state index contributed by atoms with van der Waals surface area (Å²) in [5, 5.41) is 11.7. The van der Waals surface area contributed by atoms with E-state index < -0.39 is 11.9 Å². The van der Waals surface area contributed by atoms with Gasteiger partial charge in [-0.3, -0.25) is 4.79 Å². The molecule has 0 aliphatic carbocycles. The summed E-state index contributed by atoms with van der Waals surface area (Å²) in [6.07, 6.45) is -0.0971. The molecule has 1 rings (SSSR count). The second-order valence-electron chi connectivity index (χ2n) is 4.47. The number of amides is 1. The Labute approximate surface area is 122 Å². The lowest BCUT2D eigenvalue weighted by Crippen LogP contribution is -2.22. The lowest BCUT2D eigenvalue weighted by molar-refractivity contribution is -0.121. The summed E-state index contributed by atoms with van der Waals surface area (Å²) in [6.45, 7) is 3.43. The zero-order valence-electron chi connectivity index (χ0n) is 12.4. The number of hydrogen-bond donors (Lipinski definition) is 2. The fourth-order valence-electron chi connectivity index (χ4n) is 1.59. The standard InChI is InChI=1S/C14H19NO6/c1-8(2)21-7-13(16)15-10-6-12(20-4)11(19-3)5-9(10)14(17)18/h5-6,8H,7H2,1-4H3,(H,15,16)(H,17,18). The van der Waals surface area contributed by atoms with E-state index in [1.807, 2.05) is 0 Å². The summed E-state index contributed by atoms with van der Waals surface area (Å²) >= 11 is 0. The second kappa shape index (κ2) is 7.49. The number of nitrogens with one attached hydrogen (secondary N) is 1. The molecule has 1 aromatic carbocycles. The third-order valence-electron chi connectivity index (χ3n) is 2.58. The molecule has 0 atom stereocenters. The van der Waals surface area contributed by atoms with Gasteiger partial charge in [-0.15, -0.1) is 0 Å². The van der Waals surface area contributed by atoms with Crippen LogP contribution >= 0.6 is 0 Å². The topological polar surface area (TPSA) is 94.1 Å². The maximum Gasteiger partial charge on any atom is 0.337 e. The number of hydrogen-bond acceptors (Lipinski definition) is 5. The van der Waals surface area contributed by atoms with E-state index in [9.17, 15) is 14.7 Å². The highest BCUT2D eigenvalue weighted by Crippen LogP contribution is 2.33. The van der Waals surface area contributed by atoms with Crippen molar-refractivity contribution in [3.8, 4) is 11.5 Å². The number of carbonyl (C=O) groups is 2. The third kappa shape index (κ3) is 4.64. The molecule has 0 aliphatic heterocycles. The number of anilines is 1. The molecule has 0 radical (unpaired) electrons. The number of carboxylic acid groups (broad SMARTS) is 1. The first-order valence-corrected chi connectivity index (χ1v) is 6.29. The fourth-order valence-corrected chi connectivity index (χ4v) is 1.59. The van der Waals surface area contributed by atoms with E-state index in [1.165, 1.54) is 26.4 Å². The van der Waals surface area contributed by atoms with Crippen molar-refractivity contribution in [2.45, 2.75) is 20.0 Å². The molecular formula is C14H19NO6. The van der Waals surface area contributed by atoms with Gasteiger partial charge in [-0.1, -0.05) is 0 Å². The van der Waals surface area contributed by atoms with Crippen LogP contribution in [0.1, 0.15) is 24.2 Å². The maximum absolute atomic E-state index is 11.7. The normalized spacial score (nSPS) is 10.3. The van der Waals surface area contributed by atoms with E-state index in [0.717, 1.165) is 0 Å². The average Bonchev–Trinajstić information content (AvgIpc) is 2.44. The summed E-state index contributed by atoms with van der Waals surface area (Å²) in [5.74, 6) is -1.04. The molecule has 2 N–H and O–H groups in total. The first-order chi connectivity index (χ1) is 9.88. The van der Waals surface area contributed by atoms with E-state index in [2.05, 4.69) is 5.32 Å². The van der Waals surface area contributed by atoms with Crippen molar-refractivity contribution in [2.24, 2.45) is 0 Å². The molecule has 7 nitrogen and oxygen atoms in total. The summed E-state index contributed by atoms with van der Waals surface area (Å²) in [4.78, 5) is 23.0. The van der Waals surface area contributed by atoms with Crippen LogP contribution in [0, 0.1) is 0 Å². The summed E-state index contributed by atoms with van der Waals surface area (Å²) in [5.41, 5.74) is 0.0306. The van der Waals surface area contributed by atoms with E-state index in [1.54, 1.807) is 13.8 Å². The van der Waals surface area contributed by atoms with Crippen LogP contribution in [-0.4, -0.2) is 43.9 Å². The first kappa shape index (κ1) is 16.8. The van der Waals surface area contributed by atoms with Gasteiger partial charge in [0.25, 0.3) is 0 Å². The lowest BCUT2D eigenvalue weighted by Gasteiger charge is -2.14. The van der Waals surface area contributed by atoms with Crippen LogP contribution in [0.15, 0.2) is 12.1 Å². The van der Waals surface area contributed by atoms with Crippen molar-refractivity contribution < 1.29 is 28.9 Å². The molecule has 0 unspecified atom stereocenters. The van der Waals surface area contributed by atoms with Gasteiger partial charge in [0.05, 0.1) is 31.6 Å². The number of aromatic carboxylic acids is 1. The summed E-state index contributed by atoms with van der Waals surface area (Å²) < 4.78 is 15.3. The molecule has 1 aromatic rings. The molecule has 0 spiro atoms. The fraction of sp³-hybridized carbons (Fsp3) is 0.429. The van der Waals surface area contributed by atoms with Gasteiger partial charge in [-0.25, -0.2) is 4.79 Å². The molecule has 116 valence electrons. The van der Waals surface area contributed by atoms with Crippen molar-refractivity contribution in [3.05, 3.63) is 17.7 Å². The SMILES string of the molecule is COc1cc(NC(=O)COC(C)C)c(C(=O)O)cc1OC. The predicted molar refractivity (Wildman–Crippen MR) is 76.2 cm³/mol. The number of benzene rings is 1. The van der Waals surface area contributed by atoms with Gasteiger partial charge in [-0.2, -0.15) is 0 Å². The Bertz CT molecular complexity index is 526. The van der Waals surface area contributed by atoms with Gasteiger partial charge in [0.15, 0.2) is 11.5 Å². The number of rotatable bonds is 7. The van der Waals surface area contributed by atoms with Gasteiger partial charge >= 0.3 is 5.97 Å². The zero-order valence-corrected chi connectivity index (χ0v) is 12.4. The molecule has 0 bridgehead atoms. The Balaban J connectivity index is 3.04. The molecule has 21 heavy (non-hydrogen) atoms. The van der Waals surface area contributed by atoms with E-state index in [4.69, 9.17) is 14.2 Å². The van der Waals surface area contributed by atoms with Crippen molar-refractivity contribution in [1.29, 1.82) is 0 Å². The Morgan fingerprint density at radius 3 is 2.24 bits per heavy atom. The molecule has 0 aromatic heterocycles. The monoisotopic (exact) mass is 297 g/mol. The van der Waals surface area contributed by atoms with Gasteiger partial charge in [0, 0.05) is 12.1 Å². The van der Waals surface area contributed by atoms with E-state index in [-0.39, 0.29) is 29.7 Å². The molecule has 0 fully saturated rings. The van der Waals surface area contributed by atoms with Crippen molar-refractivity contribution in [3.63, 3.8) is 0 Å². The quantitative estimate of drug-likeness (QED) is 0.796. The Kier molecular flexibility index (Phi) is 5.98.